The highest BCUT2D eigenvalue weighted by Crippen LogP contribution is 2.25. The Balaban J connectivity index is 1.68. The zero-order valence-electron chi connectivity index (χ0n) is 17.4. The first-order chi connectivity index (χ1) is 15.2. The van der Waals surface area contributed by atoms with Crippen LogP contribution in [0, 0.1) is 19.7 Å². The van der Waals surface area contributed by atoms with E-state index in [-0.39, 0.29) is 23.0 Å². The van der Waals surface area contributed by atoms with Gasteiger partial charge in [0, 0.05) is 22.1 Å². The number of thiocarbonyl (C=S) groups is 1. The molecule has 2 heterocycles. The SMILES string of the molecule is Cc1cc(/C=C2\C(=O)NC(=S)N(Cc3ccc(F)cc3)C2=O)c(C)n1-c1ccc(Cl)cc1. The zero-order valence-corrected chi connectivity index (χ0v) is 18.9. The number of nitrogens with one attached hydrogen (secondary N) is 1. The van der Waals surface area contributed by atoms with Crippen LogP contribution in [0.15, 0.2) is 60.2 Å². The van der Waals surface area contributed by atoms with Crippen LogP contribution in [0.4, 0.5) is 4.39 Å². The van der Waals surface area contributed by atoms with Crippen LogP contribution in [-0.2, 0) is 16.1 Å². The lowest BCUT2D eigenvalue weighted by atomic mass is 10.1. The molecule has 0 atom stereocenters. The second kappa shape index (κ2) is 8.68. The van der Waals surface area contributed by atoms with E-state index in [9.17, 15) is 14.0 Å². The highest BCUT2D eigenvalue weighted by atomic mass is 35.5. The Bertz CT molecular complexity index is 1260. The van der Waals surface area contributed by atoms with Crippen LogP contribution in [0.1, 0.15) is 22.5 Å². The molecule has 1 N–H and O–H groups in total. The molecule has 0 bridgehead atoms. The second-order valence-corrected chi connectivity index (χ2v) is 8.30. The van der Waals surface area contributed by atoms with Crippen molar-refractivity contribution in [3.8, 4) is 5.69 Å². The fraction of sp³-hybridized carbons (Fsp3) is 0.125. The summed E-state index contributed by atoms with van der Waals surface area (Å²) in [7, 11) is 0. The van der Waals surface area contributed by atoms with Crippen LogP contribution in [0.25, 0.3) is 11.8 Å². The molecule has 0 radical (unpaired) electrons. The summed E-state index contributed by atoms with van der Waals surface area (Å²) in [6.45, 7) is 3.99. The number of nitrogens with zero attached hydrogens (tertiary/aromatic N) is 2. The molecule has 5 nitrogen and oxygen atoms in total. The van der Waals surface area contributed by atoms with Crippen molar-refractivity contribution in [1.29, 1.82) is 0 Å². The number of aromatic nitrogens is 1. The van der Waals surface area contributed by atoms with Gasteiger partial charge in [0.1, 0.15) is 11.4 Å². The summed E-state index contributed by atoms with van der Waals surface area (Å²) in [6, 6.07) is 15.1. The average Bonchev–Trinajstić information content (AvgIpc) is 3.03. The fourth-order valence-corrected chi connectivity index (χ4v) is 4.05. The minimum atomic E-state index is -0.549. The van der Waals surface area contributed by atoms with Gasteiger partial charge >= 0.3 is 0 Å². The molecule has 2 aromatic carbocycles. The predicted molar refractivity (Wildman–Crippen MR) is 126 cm³/mol. The van der Waals surface area contributed by atoms with E-state index in [1.54, 1.807) is 30.3 Å². The molecule has 0 spiro atoms. The Labute approximate surface area is 195 Å². The summed E-state index contributed by atoms with van der Waals surface area (Å²) in [5.41, 5.74) is 4.16. The van der Waals surface area contributed by atoms with Gasteiger partial charge in [-0.2, -0.15) is 0 Å². The van der Waals surface area contributed by atoms with E-state index in [4.69, 9.17) is 23.8 Å². The van der Waals surface area contributed by atoms with E-state index in [0.717, 1.165) is 22.6 Å². The Morgan fingerprint density at radius 1 is 1.06 bits per heavy atom. The van der Waals surface area contributed by atoms with Gasteiger partial charge in [-0.25, -0.2) is 4.39 Å². The van der Waals surface area contributed by atoms with Crippen LogP contribution in [0.3, 0.4) is 0 Å². The molecule has 162 valence electrons. The van der Waals surface area contributed by atoms with Gasteiger partial charge in [-0.15, -0.1) is 0 Å². The van der Waals surface area contributed by atoms with Crippen molar-refractivity contribution in [1.82, 2.24) is 14.8 Å². The molecule has 8 heteroatoms. The van der Waals surface area contributed by atoms with Crippen LogP contribution in [0.5, 0.6) is 0 Å². The fourth-order valence-electron chi connectivity index (χ4n) is 3.69. The lowest BCUT2D eigenvalue weighted by Crippen LogP contribution is -2.53. The first kappa shape index (κ1) is 21.9. The molecule has 1 fully saturated rings. The van der Waals surface area contributed by atoms with Crippen molar-refractivity contribution in [2.75, 3.05) is 0 Å². The van der Waals surface area contributed by atoms with Crippen molar-refractivity contribution in [3.63, 3.8) is 0 Å². The number of benzene rings is 2. The maximum atomic E-state index is 13.2. The largest absolute Gasteiger partial charge is 0.318 e. The topological polar surface area (TPSA) is 54.3 Å². The molecular formula is C24H19ClFN3O2S. The van der Waals surface area contributed by atoms with Crippen molar-refractivity contribution < 1.29 is 14.0 Å². The van der Waals surface area contributed by atoms with Crippen molar-refractivity contribution in [2.45, 2.75) is 20.4 Å². The third-order valence-electron chi connectivity index (χ3n) is 5.29. The lowest BCUT2D eigenvalue weighted by molar-refractivity contribution is -0.129. The molecule has 1 aliphatic rings. The Hall–Kier alpha value is -3.29. The number of rotatable bonds is 4. The molecule has 0 aliphatic carbocycles. The first-order valence-corrected chi connectivity index (χ1v) is 10.6. The lowest BCUT2D eigenvalue weighted by Gasteiger charge is -2.29. The number of amides is 2. The van der Waals surface area contributed by atoms with Crippen molar-refractivity contribution in [3.05, 3.63) is 93.5 Å². The highest BCUT2D eigenvalue weighted by molar-refractivity contribution is 7.80. The summed E-state index contributed by atoms with van der Waals surface area (Å²) < 4.78 is 15.2. The monoisotopic (exact) mass is 467 g/mol. The average molecular weight is 468 g/mol. The quantitative estimate of drug-likeness (QED) is 0.343. The molecule has 0 saturated carbocycles. The summed E-state index contributed by atoms with van der Waals surface area (Å²) in [4.78, 5) is 27.0. The standard InChI is InChI=1S/C24H19ClFN3O2S/c1-14-11-17(15(2)29(14)20-9-5-18(25)6-10-20)12-21-22(30)27-24(32)28(23(21)31)13-16-3-7-19(26)8-4-16/h3-12H,13H2,1-2H3,(H,27,30,32)/b21-12+. The molecule has 1 aromatic heterocycles. The molecule has 2 amide bonds. The van der Waals surface area contributed by atoms with Gasteiger partial charge < -0.3 is 4.57 Å². The first-order valence-electron chi connectivity index (χ1n) is 9.83. The van der Waals surface area contributed by atoms with E-state index in [1.807, 2.05) is 36.6 Å². The second-order valence-electron chi connectivity index (χ2n) is 7.47. The van der Waals surface area contributed by atoms with Gasteiger partial charge in [-0.1, -0.05) is 23.7 Å². The molecule has 1 saturated heterocycles. The summed E-state index contributed by atoms with van der Waals surface area (Å²) in [5, 5.41) is 3.23. The van der Waals surface area contributed by atoms with Gasteiger partial charge in [0.2, 0.25) is 0 Å². The Kier molecular flexibility index (Phi) is 5.95. The summed E-state index contributed by atoms with van der Waals surface area (Å²) >= 11 is 11.2. The van der Waals surface area contributed by atoms with Crippen LogP contribution >= 0.6 is 23.8 Å². The number of hydrogen-bond acceptors (Lipinski definition) is 3. The van der Waals surface area contributed by atoms with E-state index in [1.165, 1.54) is 17.0 Å². The number of halogens is 2. The van der Waals surface area contributed by atoms with Gasteiger partial charge in [0.25, 0.3) is 11.8 Å². The number of aryl methyl sites for hydroxylation is 1. The minimum absolute atomic E-state index is 0.0166. The van der Waals surface area contributed by atoms with Gasteiger partial charge in [0.05, 0.1) is 6.54 Å². The van der Waals surface area contributed by atoms with Gasteiger partial charge in [-0.3, -0.25) is 19.8 Å². The predicted octanol–water partition coefficient (Wildman–Crippen LogP) is 4.71. The van der Waals surface area contributed by atoms with Gasteiger partial charge in [0.15, 0.2) is 5.11 Å². The molecular weight excluding hydrogens is 449 g/mol. The molecule has 4 rings (SSSR count). The minimum Gasteiger partial charge on any atom is -0.318 e. The zero-order chi connectivity index (χ0) is 23.0. The van der Waals surface area contributed by atoms with Gasteiger partial charge in [-0.05, 0) is 85.7 Å². The third kappa shape index (κ3) is 4.22. The maximum absolute atomic E-state index is 13.2. The smallest absolute Gasteiger partial charge is 0.265 e. The number of hydrogen-bond donors (Lipinski definition) is 1. The molecule has 1 aliphatic heterocycles. The van der Waals surface area contributed by atoms with Crippen LogP contribution in [-0.4, -0.2) is 26.4 Å². The molecule has 0 unspecified atom stereocenters. The van der Waals surface area contributed by atoms with Crippen molar-refractivity contribution >= 4 is 46.8 Å². The highest BCUT2D eigenvalue weighted by Gasteiger charge is 2.33. The number of carbonyl (C=O) groups is 2. The summed E-state index contributed by atoms with van der Waals surface area (Å²) in [6.07, 6.45) is 1.58. The van der Waals surface area contributed by atoms with E-state index in [0.29, 0.717) is 10.6 Å². The third-order valence-corrected chi connectivity index (χ3v) is 5.87. The van der Waals surface area contributed by atoms with Crippen molar-refractivity contribution in [2.24, 2.45) is 0 Å². The normalized spacial score (nSPS) is 15.4. The summed E-state index contributed by atoms with van der Waals surface area (Å²) in [5.74, 6) is -1.42. The maximum Gasteiger partial charge on any atom is 0.265 e. The molecule has 3 aromatic rings. The van der Waals surface area contributed by atoms with E-state index >= 15 is 0 Å². The molecule has 32 heavy (non-hydrogen) atoms. The van der Waals surface area contributed by atoms with Crippen LogP contribution in [0.2, 0.25) is 5.02 Å². The van der Waals surface area contributed by atoms with E-state index < -0.39 is 11.8 Å². The Morgan fingerprint density at radius 3 is 2.38 bits per heavy atom. The van der Waals surface area contributed by atoms with Crippen LogP contribution < -0.4 is 5.32 Å². The number of carbonyl (C=O) groups excluding carboxylic acids is 2. The Morgan fingerprint density at radius 2 is 1.72 bits per heavy atom. The van der Waals surface area contributed by atoms with E-state index in [2.05, 4.69) is 5.32 Å².